The third-order valence-electron chi connectivity index (χ3n) is 13.4. The molecule has 0 radical (unpaired) electrons. The number of fused-ring (bicyclic) bond motifs is 1. The fraction of sp³-hybridized carbons (Fsp3) is 0.472. The summed E-state index contributed by atoms with van der Waals surface area (Å²) in [4.78, 5) is 137. The van der Waals surface area contributed by atoms with E-state index in [-0.39, 0.29) is 108 Å². The van der Waals surface area contributed by atoms with E-state index in [0.29, 0.717) is 16.8 Å². The molecule has 4 aromatic rings. The highest BCUT2D eigenvalue weighted by Crippen LogP contribution is 2.21. The number of nitrogens with one attached hydrogen (secondary N) is 15. The summed E-state index contributed by atoms with van der Waals surface area (Å²) in [6.07, 6.45) is 5.75. The Bertz CT molecular complexity index is 2800. The summed E-state index contributed by atoms with van der Waals surface area (Å²) in [5.41, 5.74) is 13.3. The summed E-state index contributed by atoms with van der Waals surface area (Å²) in [5, 5.41) is 46.1. The molecule has 2 fully saturated rings. The van der Waals surface area contributed by atoms with Crippen molar-refractivity contribution in [3.8, 4) is 0 Å². The highest BCUT2D eigenvalue weighted by atomic mass is 16.2. The average Bonchev–Trinajstić information content (AvgIpc) is 3.92. The molecule has 27 heteroatoms. The van der Waals surface area contributed by atoms with E-state index in [1.165, 1.54) is 19.4 Å². The number of aromatic nitrogens is 3. The quantitative estimate of drug-likeness (QED) is 0.0270. The molecule has 2 aliphatic rings. The van der Waals surface area contributed by atoms with Gasteiger partial charge in [0.05, 0.1) is 12.0 Å². The first-order valence-electron chi connectivity index (χ1n) is 26.8. The Morgan fingerprint density at radius 1 is 0.700 bits per heavy atom. The second-order valence-corrected chi connectivity index (χ2v) is 19.9. The van der Waals surface area contributed by atoms with Crippen LogP contribution in [0, 0.1) is 10.8 Å². The Hall–Kier alpha value is -9.04. The van der Waals surface area contributed by atoms with E-state index >= 15 is 0 Å². The number of nitrogens with two attached hydrogens (primary N) is 2. The maximum atomic E-state index is 14.8. The zero-order chi connectivity index (χ0) is 57.6. The van der Waals surface area contributed by atoms with Gasteiger partial charge in [-0.15, -0.1) is 0 Å². The molecule has 1 aliphatic heterocycles. The average molecular weight is 1110 g/mol. The number of hydrogen-bond donors (Lipinski definition) is 17. The third-order valence-corrected chi connectivity index (χ3v) is 13.4. The topological polar surface area (TPSA) is 430 Å². The van der Waals surface area contributed by atoms with Crippen molar-refractivity contribution in [2.24, 2.45) is 11.5 Å². The molecule has 0 spiro atoms. The van der Waals surface area contributed by atoms with Crippen LogP contribution in [0.3, 0.4) is 0 Å². The molecule has 1 aliphatic carbocycles. The Balaban J connectivity index is 1.37. The van der Waals surface area contributed by atoms with Crippen molar-refractivity contribution in [2.45, 2.75) is 139 Å². The summed E-state index contributed by atoms with van der Waals surface area (Å²) in [6.45, 7) is 1.55. The molecule has 3 heterocycles. The number of H-pyrrole nitrogens is 2. The van der Waals surface area contributed by atoms with Crippen molar-refractivity contribution >= 4 is 76.0 Å². The highest BCUT2D eigenvalue weighted by molar-refractivity contribution is 5.98. The summed E-state index contributed by atoms with van der Waals surface area (Å²) in [5.74, 6) is -7.04. The van der Waals surface area contributed by atoms with Gasteiger partial charge in [-0.2, -0.15) is 0 Å². The Morgan fingerprint density at radius 3 is 2.00 bits per heavy atom. The van der Waals surface area contributed by atoms with Crippen LogP contribution in [0.15, 0.2) is 73.3 Å². The zero-order valence-corrected chi connectivity index (χ0v) is 44.6. The van der Waals surface area contributed by atoms with Gasteiger partial charge in [-0.05, 0) is 75.0 Å². The number of amides is 9. The molecule has 80 heavy (non-hydrogen) atoms. The first-order valence-corrected chi connectivity index (χ1v) is 26.8. The molecule has 1 saturated carbocycles. The molecule has 6 rings (SSSR count). The molecular formula is C53H74N18O9. The van der Waals surface area contributed by atoms with Crippen LogP contribution in [0.2, 0.25) is 0 Å². The van der Waals surface area contributed by atoms with Crippen LogP contribution in [0.1, 0.15) is 88.0 Å². The zero-order valence-electron chi connectivity index (χ0n) is 44.6. The van der Waals surface area contributed by atoms with Gasteiger partial charge in [0.15, 0.2) is 11.9 Å². The van der Waals surface area contributed by atoms with Crippen molar-refractivity contribution in [2.75, 3.05) is 19.6 Å². The van der Waals surface area contributed by atoms with E-state index in [1.54, 1.807) is 36.5 Å². The van der Waals surface area contributed by atoms with Gasteiger partial charge < -0.3 is 79.9 Å². The van der Waals surface area contributed by atoms with Crippen molar-refractivity contribution in [1.29, 1.82) is 10.8 Å². The lowest BCUT2D eigenvalue weighted by Crippen LogP contribution is -2.61. The number of hydrogen-bond acceptors (Lipinski definition) is 12. The van der Waals surface area contributed by atoms with Crippen LogP contribution in [0.25, 0.3) is 10.9 Å². The minimum atomic E-state index is -1.49. The van der Waals surface area contributed by atoms with Gasteiger partial charge in [0.2, 0.25) is 53.2 Å². The number of para-hydroxylation sites is 1. The van der Waals surface area contributed by atoms with Crippen LogP contribution in [0.4, 0.5) is 0 Å². The van der Waals surface area contributed by atoms with Crippen LogP contribution < -0.4 is 70.0 Å². The van der Waals surface area contributed by atoms with Crippen LogP contribution in [0.5, 0.6) is 0 Å². The molecule has 1 saturated heterocycles. The fourth-order valence-electron chi connectivity index (χ4n) is 9.05. The third kappa shape index (κ3) is 19.8. The minimum absolute atomic E-state index is 0.0233. The fourth-order valence-corrected chi connectivity index (χ4v) is 9.05. The van der Waals surface area contributed by atoms with Crippen molar-refractivity contribution in [3.63, 3.8) is 0 Å². The molecule has 2 aromatic heterocycles. The predicted molar refractivity (Wildman–Crippen MR) is 295 cm³/mol. The molecule has 9 amide bonds. The van der Waals surface area contributed by atoms with Crippen molar-refractivity contribution < 1.29 is 43.2 Å². The molecule has 2 aromatic carbocycles. The molecule has 7 atom stereocenters. The largest absolute Gasteiger partial charge is 0.370 e. The predicted octanol–water partition coefficient (Wildman–Crippen LogP) is -2.17. The number of imidazole rings is 1. The van der Waals surface area contributed by atoms with Crippen molar-refractivity contribution in [1.82, 2.24) is 73.4 Å². The summed E-state index contributed by atoms with van der Waals surface area (Å²) in [6, 6.07) is 6.66. The van der Waals surface area contributed by atoms with Crippen LogP contribution in [-0.2, 0) is 62.4 Å². The van der Waals surface area contributed by atoms with Gasteiger partial charge in [-0.25, -0.2) is 4.98 Å². The van der Waals surface area contributed by atoms with Gasteiger partial charge in [0, 0.05) is 81.6 Å². The minimum Gasteiger partial charge on any atom is -0.370 e. The van der Waals surface area contributed by atoms with Gasteiger partial charge in [0.1, 0.15) is 42.3 Å². The Kier molecular flexibility index (Phi) is 22.7. The lowest BCUT2D eigenvalue weighted by molar-refractivity contribution is -0.136. The molecule has 0 bridgehead atoms. The van der Waals surface area contributed by atoms with Crippen molar-refractivity contribution in [3.05, 3.63) is 90.1 Å². The number of carbonyl (C=O) groups excluding carboxylic acids is 9. The van der Waals surface area contributed by atoms with E-state index in [9.17, 15) is 43.2 Å². The lowest BCUT2D eigenvalue weighted by atomic mass is 10.0. The van der Waals surface area contributed by atoms with E-state index in [1.807, 2.05) is 24.3 Å². The first-order chi connectivity index (χ1) is 38.4. The SMILES string of the molecule is CC(=O)N[C@@H](CCCNC(=N)N)C(=O)N[C@H]1CCC(=O)NCCCC(C(=O)NC2CC2)NC(=O)[C@H](Cc2c[nH]c3ccccc23)NC(=O)[C@H](CCCNC(=N)N)NC(=O)C(Cc2ccccc2)NC(=O)[C@H](Cc2c[nH]cn2)NC1=O. The number of rotatable bonds is 19. The normalized spacial score (nSPS) is 21.4. The molecule has 430 valence electrons. The van der Waals surface area contributed by atoms with Gasteiger partial charge in [-0.1, -0.05) is 48.5 Å². The van der Waals surface area contributed by atoms with Gasteiger partial charge in [0.25, 0.3) is 0 Å². The maximum Gasteiger partial charge on any atom is 0.243 e. The smallest absolute Gasteiger partial charge is 0.243 e. The molecule has 2 unspecified atom stereocenters. The molecular weight excluding hydrogens is 1030 g/mol. The number of aromatic amines is 2. The highest BCUT2D eigenvalue weighted by Gasteiger charge is 2.36. The van der Waals surface area contributed by atoms with E-state index in [2.05, 4.69) is 73.4 Å². The Morgan fingerprint density at radius 2 is 1.32 bits per heavy atom. The van der Waals surface area contributed by atoms with Crippen LogP contribution >= 0.6 is 0 Å². The Labute approximate surface area is 462 Å². The van der Waals surface area contributed by atoms with Gasteiger partial charge >= 0.3 is 0 Å². The first kappa shape index (κ1) is 60.2. The molecule has 19 N–H and O–H groups in total. The monoisotopic (exact) mass is 1110 g/mol. The standard InChI is InChI=1S/C53H74N18O9/c1-30(72)64-37(14-8-22-60-52(54)55)46(75)68-40-19-20-44(73)59-21-7-15-38(45(74)65-33-17-18-33)66-50(79)42(25-32-27-62-36-13-6-5-12-35(32)36)70-47(76)39(16-9-23-61-53(56)57)67-49(78)41(24-31-10-3-2-4-11-31)69-51(80)43(71-48(40)77)26-34-28-58-29-63-34/h2-6,10-13,27-29,33,37-43,62H,7-9,14-26H2,1H3,(H,58,63)(H,59,73)(H,64,72)(H,65,74)(H,66,79)(H,67,78)(H,68,75)(H,69,80)(H,70,76)(H,71,77)(H4,54,55,60)(H4,56,57,61)/t37-,38?,39-,40-,41?,42-,43-/m0/s1. The van der Waals surface area contributed by atoms with E-state index < -0.39 is 95.5 Å². The van der Waals surface area contributed by atoms with E-state index in [0.717, 1.165) is 23.7 Å². The number of carbonyl (C=O) groups is 9. The van der Waals surface area contributed by atoms with Crippen LogP contribution in [-0.4, -0.2) is 148 Å². The second-order valence-electron chi connectivity index (χ2n) is 19.9. The summed E-state index contributed by atoms with van der Waals surface area (Å²) in [7, 11) is 0. The van der Waals surface area contributed by atoms with E-state index in [4.69, 9.17) is 22.3 Å². The number of guanidine groups is 2. The second kappa shape index (κ2) is 30.2. The summed E-state index contributed by atoms with van der Waals surface area (Å²) < 4.78 is 0. The lowest BCUT2D eigenvalue weighted by Gasteiger charge is -2.28. The maximum absolute atomic E-state index is 14.8. The number of benzene rings is 2. The molecule has 27 nitrogen and oxygen atoms in total. The van der Waals surface area contributed by atoms with Gasteiger partial charge in [-0.3, -0.25) is 54.0 Å². The summed E-state index contributed by atoms with van der Waals surface area (Å²) >= 11 is 0. The number of nitrogens with zero attached hydrogens (tertiary/aromatic N) is 1.